The zero-order chi connectivity index (χ0) is 14.5. The fourth-order valence-electron chi connectivity index (χ4n) is 2.45. The Balaban J connectivity index is 2.29. The highest BCUT2D eigenvalue weighted by molar-refractivity contribution is 9.10. The largest absolute Gasteiger partial charge is 0.310 e. The molecular weight excluding hydrogens is 317 g/mol. The van der Waals surface area contributed by atoms with Gasteiger partial charge in [0, 0.05) is 10.5 Å². The van der Waals surface area contributed by atoms with Gasteiger partial charge in [-0.05, 0) is 54.8 Å². The molecule has 0 fully saturated rings. The monoisotopic (exact) mass is 335 g/mol. The van der Waals surface area contributed by atoms with Gasteiger partial charge in [-0.1, -0.05) is 47.1 Å². The predicted octanol–water partition coefficient (Wildman–Crippen LogP) is 4.79. The maximum atomic E-state index is 13.3. The molecule has 2 rings (SSSR count). The van der Waals surface area contributed by atoms with E-state index >= 15 is 0 Å². The molecule has 0 spiro atoms. The van der Waals surface area contributed by atoms with Crippen molar-refractivity contribution in [2.24, 2.45) is 0 Å². The fourth-order valence-corrected chi connectivity index (χ4v) is 2.90. The molecule has 2 aromatic rings. The van der Waals surface area contributed by atoms with Crippen LogP contribution in [0.4, 0.5) is 4.39 Å². The minimum atomic E-state index is -0.178. The summed E-state index contributed by atoms with van der Waals surface area (Å²) in [6, 6.07) is 13.4. The first-order chi connectivity index (χ1) is 9.61. The van der Waals surface area contributed by atoms with E-state index < -0.39 is 0 Å². The minimum Gasteiger partial charge on any atom is -0.310 e. The van der Waals surface area contributed by atoms with Gasteiger partial charge in [-0.3, -0.25) is 0 Å². The zero-order valence-corrected chi connectivity index (χ0v) is 13.4. The van der Waals surface area contributed by atoms with Crippen LogP contribution in [0.15, 0.2) is 46.9 Å². The topological polar surface area (TPSA) is 12.0 Å². The van der Waals surface area contributed by atoms with Gasteiger partial charge in [0.1, 0.15) is 5.82 Å². The number of aryl methyl sites for hydroxylation is 1. The quantitative estimate of drug-likeness (QED) is 0.828. The molecule has 0 heterocycles. The predicted molar refractivity (Wildman–Crippen MR) is 85.4 cm³/mol. The average Bonchev–Trinajstić information content (AvgIpc) is 2.41. The SMILES string of the molecule is CCNC(Cc1ccccc1Br)c1ccc(F)cc1C. The van der Waals surface area contributed by atoms with E-state index in [2.05, 4.69) is 40.3 Å². The Labute approximate surface area is 128 Å². The van der Waals surface area contributed by atoms with Gasteiger partial charge in [-0.15, -0.1) is 0 Å². The Morgan fingerprint density at radius 2 is 1.95 bits per heavy atom. The van der Waals surface area contributed by atoms with E-state index in [0.29, 0.717) is 0 Å². The Bertz CT molecular complexity index is 583. The van der Waals surface area contributed by atoms with Crippen LogP contribution in [0, 0.1) is 12.7 Å². The lowest BCUT2D eigenvalue weighted by Gasteiger charge is -2.21. The van der Waals surface area contributed by atoms with Crippen molar-refractivity contribution in [3.8, 4) is 0 Å². The Morgan fingerprint density at radius 3 is 2.60 bits per heavy atom. The minimum absolute atomic E-state index is 0.178. The van der Waals surface area contributed by atoms with Gasteiger partial charge < -0.3 is 5.32 Å². The van der Waals surface area contributed by atoms with Crippen LogP contribution in [0.3, 0.4) is 0 Å². The van der Waals surface area contributed by atoms with Crippen molar-refractivity contribution in [1.82, 2.24) is 5.32 Å². The Morgan fingerprint density at radius 1 is 1.20 bits per heavy atom. The smallest absolute Gasteiger partial charge is 0.123 e. The molecule has 106 valence electrons. The van der Waals surface area contributed by atoms with Gasteiger partial charge in [0.2, 0.25) is 0 Å². The van der Waals surface area contributed by atoms with Crippen LogP contribution >= 0.6 is 15.9 Å². The molecule has 1 unspecified atom stereocenters. The maximum Gasteiger partial charge on any atom is 0.123 e. The number of benzene rings is 2. The van der Waals surface area contributed by atoms with E-state index in [9.17, 15) is 4.39 Å². The lowest BCUT2D eigenvalue weighted by Crippen LogP contribution is -2.24. The third-order valence-corrected chi connectivity index (χ3v) is 4.21. The summed E-state index contributed by atoms with van der Waals surface area (Å²) in [6.45, 7) is 4.93. The van der Waals surface area contributed by atoms with Gasteiger partial charge in [0.15, 0.2) is 0 Å². The first kappa shape index (κ1) is 15.2. The Kier molecular flexibility index (Phi) is 5.32. The standard InChI is InChI=1S/C17H19BrFN/c1-3-20-17(11-13-6-4-5-7-16(13)18)15-9-8-14(19)10-12(15)2/h4-10,17,20H,3,11H2,1-2H3. The summed E-state index contributed by atoms with van der Waals surface area (Å²) in [5, 5.41) is 3.49. The summed E-state index contributed by atoms with van der Waals surface area (Å²) in [4.78, 5) is 0. The van der Waals surface area contributed by atoms with Crippen LogP contribution in [-0.4, -0.2) is 6.54 Å². The normalized spacial score (nSPS) is 12.4. The summed E-state index contributed by atoms with van der Waals surface area (Å²) in [5.74, 6) is -0.178. The number of rotatable bonds is 5. The van der Waals surface area contributed by atoms with Gasteiger partial charge >= 0.3 is 0 Å². The second kappa shape index (κ2) is 7.00. The highest BCUT2D eigenvalue weighted by Crippen LogP contribution is 2.26. The van der Waals surface area contributed by atoms with Crippen molar-refractivity contribution in [2.45, 2.75) is 26.3 Å². The number of likely N-dealkylation sites (N-methyl/N-ethyl adjacent to an activating group) is 1. The van der Waals surface area contributed by atoms with Gasteiger partial charge in [0.25, 0.3) is 0 Å². The highest BCUT2D eigenvalue weighted by Gasteiger charge is 2.15. The Hall–Kier alpha value is -1.19. The number of hydrogen-bond donors (Lipinski definition) is 1. The van der Waals surface area contributed by atoms with E-state index in [1.165, 1.54) is 11.6 Å². The molecule has 0 aliphatic heterocycles. The molecule has 20 heavy (non-hydrogen) atoms. The van der Waals surface area contributed by atoms with Crippen molar-refractivity contribution >= 4 is 15.9 Å². The van der Waals surface area contributed by atoms with Crippen LogP contribution in [-0.2, 0) is 6.42 Å². The number of halogens is 2. The van der Waals surface area contributed by atoms with Crippen LogP contribution in [0.1, 0.15) is 29.7 Å². The zero-order valence-electron chi connectivity index (χ0n) is 11.8. The lowest BCUT2D eigenvalue weighted by molar-refractivity contribution is 0.543. The van der Waals surface area contributed by atoms with Crippen LogP contribution in [0.25, 0.3) is 0 Å². The van der Waals surface area contributed by atoms with Crippen LogP contribution in [0.2, 0.25) is 0 Å². The van der Waals surface area contributed by atoms with E-state index in [4.69, 9.17) is 0 Å². The summed E-state index contributed by atoms with van der Waals surface area (Å²) in [5.41, 5.74) is 3.40. The molecule has 0 aromatic heterocycles. The molecule has 0 saturated heterocycles. The molecule has 0 radical (unpaired) electrons. The maximum absolute atomic E-state index is 13.3. The average molecular weight is 336 g/mol. The molecule has 0 saturated carbocycles. The third-order valence-electron chi connectivity index (χ3n) is 3.44. The van der Waals surface area contributed by atoms with Crippen LogP contribution < -0.4 is 5.32 Å². The molecule has 1 atom stereocenters. The molecule has 1 N–H and O–H groups in total. The molecule has 3 heteroatoms. The summed E-state index contributed by atoms with van der Waals surface area (Å²) in [6.07, 6.45) is 0.877. The summed E-state index contributed by atoms with van der Waals surface area (Å²) < 4.78 is 14.4. The fraction of sp³-hybridized carbons (Fsp3) is 0.294. The number of nitrogens with one attached hydrogen (secondary N) is 1. The molecule has 0 aliphatic carbocycles. The van der Waals surface area contributed by atoms with Crippen molar-refractivity contribution < 1.29 is 4.39 Å². The van der Waals surface area contributed by atoms with Crippen molar-refractivity contribution in [3.05, 3.63) is 69.4 Å². The molecule has 0 aliphatic rings. The lowest BCUT2D eigenvalue weighted by atomic mass is 9.95. The van der Waals surface area contributed by atoms with E-state index in [1.807, 2.05) is 25.1 Å². The molecular formula is C17H19BrFN. The van der Waals surface area contributed by atoms with E-state index in [1.54, 1.807) is 6.07 Å². The van der Waals surface area contributed by atoms with Crippen molar-refractivity contribution in [3.63, 3.8) is 0 Å². The molecule has 1 nitrogen and oxygen atoms in total. The van der Waals surface area contributed by atoms with E-state index in [0.717, 1.165) is 28.6 Å². The summed E-state index contributed by atoms with van der Waals surface area (Å²) in [7, 11) is 0. The molecule has 0 bridgehead atoms. The summed E-state index contributed by atoms with van der Waals surface area (Å²) >= 11 is 3.59. The first-order valence-corrected chi connectivity index (χ1v) is 7.64. The molecule has 2 aromatic carbocycles. The first-order valence-electron chi connectivity index (χ1n) is 6.84. The van der Waals surface area contributed by atoms with Gasteiger partial charge in [-0.25, -0.2) is 4.39 Å². The van der Waals surface area contributed by atoms with Crippen molar-refractivity contribution in [2.75, 3.05) is 6.54 Å². The van der Waals surface area contributed by atoms with Crippen LogP contribution in [0.5, 0.6) is 0 Å². The second-order valence-corrected chi connectivity index (χ2v) is 5.76. The highest BCUT2D eigenvalue weighted by atomic mass is 79.9. The molecule has 0 amide bonds. The van der Waals surface area contributed by atoms with Gasteiger partial charge in [0.05, 0.1) is 0 Å². The van der Waals surface area contributed by atoms with Gasteiger partial charge in [-0.2, -0.15) is 0 Å². The number of hydrogen-bond acceptors (Lipinski definition) is 1. The van der Waals surface area contributed by atoms with Crippen molar-refractivity contribution in [1.29, 1.82) is 0 Å². The third kappa shape index (κ3) is 3.68. The van der Waals surface area contributed by atoms with E-state index in [-0.39, 0.29) is 11.9 Å². The second-order valence-electron chi connectivity index (χ2n) is 4.91.